The summed E-state index contributed by atoms with van der Waals surface area (Å²) in [6, 6.07) is 10.9. The summed E-state index contributed by atoms with van der Waals surface area (Å²) in [6.45, 7) is 0.731. The Morgan fingerprint density at radius 2 is 1.97 bits per heavy atom. The third-order valence-corrected chi connectivity index (χ3v) is 5.59. The summed E-state index contributed by atoms with van der Waals surface area (Å²) in [6.07, 6.45) is 3.88. The largest absolute Gasteiger partial charge is 0.497 e. The summed E-state index contributed by atoms with van der Waals surface area (Å²) < 4.78 is 16.0. The number of amides is 2. The van der Waals surface area contributed by atoms with Crippen LogP contribution >= 0.6 is 0 Å². The van der Waals surface area contributed by atoms with Crippen LogP contribution in [0.2, 0.25) is 0 Å². The van der Waals surface area contributed by atoms with Crippen LogP contribution in [-0.2, 0) is 14.3 Å². The molecular weight excluding hydrogens is 398 g/mol. The van der Waals surface area contributed by atoms with E-state index in [4.69, 9.17) is 13.9 Å². The van der Waals surface area contributed by atoms with Crippen LogP contribution in [0.5, 0.6) is 5.75 Å². The summed E-state index contributed by atoms with van der Waals surface area (Å²) in [5.41, 5.74) is 1.70. The minimum Gasteiger partial charge on any atom is -0.497 e. The summed E-state index contributed by atoms with van der Waals surface area (Å²) in [5.74, 6) is 1.22. The van der Waals surface area contributed by atoms with Crippen LogP contribution in [-0.4, -0.2) is 61.4 Å². The molecule has 1 atom stereocenters. The molecule has 0 spiro atoms. The molecule has 0 N–H and O–H groups in total. The average Bonchev–Trinajstić information content (AvgIpc) is 3.32. The fraction of sp³-hybridized carbons (Fsp3) is 0.435. The zero-order valence-corrected chi connectivity index (χ0v) is 17.8. The second-order valence-electron chi connectivity index (χ2n) is 7.78. The molecule has 1 fully saturated rings. The predicted octanol–water partition coefficient (Wildman–Crippen LogP) is 2.85. The number of hydrazone groups is 1. The SMILES string of the molecule is COCCN(CC(=O)N1N=C(c2ccc(OC)cc2)C[C@H]1c1ccco1)C(=O)C1CC1. The Bertz CT molecular complexity index is 935. The lowest BCUT2D eigenvalue weighted by atomic mass is 10.0. The van der Waals surface area contributed by atoms with Crippen molar-refractivity contribution in [3.05, 3.63) is 54.0 Å². The minimum atomic E-state index is -0.347. The highest BCUT2D eigenvalue weighted by Gasteiger charge is 2.38. The molecule has 1 aliphatic carbocycles. The van der Waals surface area contributed by atoms with Crippen molar-refractivity contribution in [3.63, 3.8) is 0 Å². The van der Waals surface area contributed by atoms with Gasteiger partial charge in [-0.15, -0.1) is 0 Å². The summed E-state index contributed by atoms with van der Waals surface area (Å²) in [5, 5.41) is 6.09. The molecule has 2 heterocycles. The van der Waals surface area contributed by atoms with E-state index >= 15 is 0 Å². The Balaban J connectivity index is 1.55. The monoisotopic (exact) mass is 425 g/mol. The maximum Gasteiger partial charge on any atom is 0.262 e. The molecule has 2 amide bonds. The molecule has 4 rings (SSSR count). The molecule has 8 nitrogen and oxygen atoms in total. The number of hydrogen-bond donors (Lipinski definition) is 0. The molecular formula is C23H27N3O5. The number of rotatable bonds is 9. The zero-order valence-electron chi connectivity index (χ0n) is 17.8. The molecule has 0 bridgehead atoms. The van der Waals surface area contributed by atoms with Crippen LogP contribution in [0.25, 0.3) is 0 Å². The Morgan fingerprint density at radius 3 is 2.58 bits per heavy atom. The zero-order chi connectivity index (χ0) is 21.8. The van der Waals surface area contributed by atoms with Crippen molar-refractivity contribution in [2.45, 2.75) is 25.3 Å². The molecule has 8 heteroatoms. The highest BCUT2D eigenvalue weighted by atomic mass is 16.5. The first-order chi connectivity index (χ1) is 15.1. The summed E-state index contributed by atoms with van der Waals surface area (Å²) in [4.78, 5) is 27.5. The van der Waals surface area contributed by atoms with Crippen LogP contribution in [0, 0.1) is 5.92 Å². The van der Waals surface area contributed by atoms with E-state index in [0.717, 1.165) is 29.9 Å². The predicted molar refractivity (Wildman–Crippen MR) is 114 cm³/mol. The molecule has 2 aliphatic rings. The van der Waals surface area contributed by atoms with Gasteiger partial charge >= 0.3 is 0 Å². The molecule has 0 saturated heterocycles. The van der Waals surface area contributed by atoms with Crippen molar-refractivity contribution in [1.29, 1.82) is 0 Å². The molecule has 0 unspecified atom stereocenters. The highest BCUT2D eigenvalue weighted by molar-refractivity contribution is 6.03. The number of methoxy groups -OCH3 is 2. The van der Waals surface area contributed by atoms with E-state index in [-0.39, 0.29) is 30.3 Å². The van der Waals surface area contributed by atoms with Crippen molar-refractivity contribution < 1.29 is 23.5 Å². The van der Waals surface area contributed by atoms with Crippen molar-refractivity contribution in [3.8, 4) is 5.75 Å². The van der Waals surface area contributed by atoms with E-state index in [1.54, 1.807) is 31.4 Å². The third kappa shape index (κ3) is 4.80. The van der Waals surface area contributed by atoms with Gasteiger partial charge in [0.1, 0.15) is 24.1 Å². The van der Waals surface area contributed by atoms with E-state index in [9.17, 15) is 9.59 Å². The average molecular weight is 425 g/mol. The van der Waals surface area contributed by atoms with Gasteiger partial charge in [0.05, 0.1) is 25.7 Å². The van der Waals surface area contributed by atoms with Crippen molar-refractivity contribution in [2.75, 3.05) is 33.9 Å². The van der Waals surface area contributed by atoms with Crippen LogP contribution in [0.3, 0.4) is 0 Å². The van der Waals surface area contributed by atoms with Gasteiger partial charge in [-0.05, 0) is 54.8 Å². The standard InChI is InChI=1S/C23H27N3O5/c1-29-13-11-25(23(28)17-5-6-17)15-22(27)26-20(21-4-3-12-31-21)14-19(24-26)16-7-9-18(30-2)10-8-16/h3-4,7-10,12,17,20H,5-6,11,13-15H2,1-2H3/t20-/m0/s1. The molecule has 31 heavy (non-hydrogen) atoms. The van der Waals surface area contributed by atoms with Gasteiger partial charge < -0.3 is 18.8 Å². The van der Waals surface area contributed by atoms with Crippen molar-refractivity contribution in [1.82, 2.24) is 9.91 Å². The number of hydrogen-bond acceptors (Lipinski definition) is 6. The lowest BCUT2D eigenvalue weighted by Gasteiger charge is -2.26. The Labute approximate surface area is 181 Å². The van der Waals surface area contributed by atoms with Crippen molar-refractivity contribution >= 4 is 17.5 Å². The van der Waals surface area contributed by atoms with E-state index in [0.29, 0.717) is 25.3 Å². The minimum absolute atomic E-state index is 0.0125. The normalized spacial score (nSPS) is 18.1. The van der Waals surface area contributed by atoms with Crippen LogP contribution in [0.1, 0.15) is 36.6 Å². The van der Waals surface area contributed by atoms with Crippen LogP contribution in [0.4, 0.5) is 0 Å². The van der Waals surface area contributed by atoms with Gasteiger partial charge in [0, 0.05) is 26.0 Å². The summed E-state index contributed by atoms with van der Waals surface area (Å²) >= 11 is 0. The Morgan fingerprint density at radius 1 is 1.19 bits per heavy atom. The van der Waals surface area contributed by atoms with E-state index in [1.165, 1.54) is 5.01 Å². The lowest BCUT2D eigenvalue weighted by molar-refractivity contribution is -0.143. The number of ether oxygens (including phenoxy) is 2. The molecule has 1 aromatic carbocycles. The van der Waals surface area contributed by atoms with Gasteiger partial charge in [0.15, 0.2) is 0 Å². The fourth-order valence-electron chi connectivity index (χ4n) is 3.69. The van der Waals surface area contributed by atoms with Gasteiger partial charge in [-0.2, -0.15) is 5.10 Å². The lowest BCUT2D eigenvalue weighted by Crippen LogP contribution is -2.43. The smallest absolute Gasteiger partial charge is 0.262 e. The Hall–Kier alpha value is -3.13. The third-order valence-electron chi connectivity index (χ3n) is 5.59. The molecule has 2 aromatic rings. The second-order valence-corrected chi connectivity index (χ2v) is 7.78. The van der Waals surface area contributed by atoms with E-state index in [2.05, 4.69) is 5.10 Å². The van der Waals surface area contributed by atoms with E-state index in [1.807, 2.05) is 30.3 Å². The number of furan rings is 1. The molecule has 1 aromatic heterocycles. The van der Waals surface area contributed by atoms with Gasteiger partial charge in [-0.3, -0.25) is 9.59 Å². The summed E-state index contributed by atoms with van der Waals surface area (Å²) in [7, 11) is 3.20. The molecule has 1 aliphatic heterocycles. The van der Waals surface area contributed by atoms with Gasteiger partial charge in [-0.25, -0.2) is 5.01 Å². The number of benzene rings is 1. The fourth-order valence-corrected chi connectivity index (χ4v) is 3.69. The van der Waals surface area contributed by atoms with Gasteiger partial charge in [-0.1, -0.05) is 0 Å². The first-order valence-corrected chi connectivity index (χ1v) is 10.5. The van der Waals surface area contributed by atoms with Crippen molar-refractivity contribution in [2.24, 2.45) is 11.0 Å². The van der Waals surface area contributed by atoms with E-state index < -0.39 is 0 Å². The number of nitrogens with zero attached hydrogens (tertiary/aromatic N) is 3. The Kier molecular flexibility index (Phi) is 6.36. The van der Waals surface area contributed by atoms with Gasteiger partial charge in [0.2, 0.25) is 5.91 Å². The second kappa shape index (κ2) is 9.34. The van der Waals surface area contributed by atoms with Gasteiger partial charge in [0.25, 0.3) is 5.91 Å². The van der Waals surface area contributed by atoms with Crippen LogP contribution in [0.15, 0.2) is 52.2 Å². The van der Waals surface area contributed by atoms with Crippen LogP contribution < -0.4 is 4.74 Å². The maximum absolute atomic E-state index is 13.3. The number of carbonyl (C=O) groups excluding carboxylic acids is 2. The quantitative estimate of drug-likeness (QED) is 0.617. The maximum atomic E-state index is 13.3. The molecule has 1 saturated carbocycles. The molecule has 0 radical (unpaired) electrons. The number of carbonyl (C=O) groups is 2. The highest BCUT2D eigenvalue weighted by Crippen LogP contribution is 2.34. The first-order valence-electron chi connectivity index (χ1n) is 10.5. The molecule has 164 valence electrons. The topological polar surface area (TPSA) is 84.6 Å². The first kappa shape index (κ1) is 21.1.